The average Bonchev–Trinajstić information content (AvgIpc) is 2.53. The fourth-order valence-corrected chi connectivity index (χ4v) is 1.12. The maximum absolute atomic E-state index is 5.39. The van der Waals surface area contributed by atoms with Crippen LogP contribution < -0.4 is 5.73 Å². The van der Waals surface area contributed by atoms with Crippen molar-refractivity contribution in [2.45, 2.75) is 12.6 Å². The van der Waals surface area contributed by atoms with Gasteiger partial charge >= 0.3 is 0 Å². The van der Waals surface area contributed by atoms with Crippen molar-refractivity contribution in [1.29, 1.82) is 0 Å². The van der Waals surface area contributed by atoms with Crippen molar-refractivity contribution < 1.29 is 0 Å². The molecule has 1 aliphatic heterocycles. The molecule has 0 aliphatic carbocycles. The maximum Gasteiger partial charge on any atom is 0.174 e. The van der Waals surface area contributed by atoms with Crippen LogP contribution in [-0.2, 0) is 0 Å². The van der Waals surface area contributed by atoms with Crippen LogP contribution in [0, 0.1) is 0 Å². The van der Waals surface area contributed by atoms with Crippen LogP contribution in [0.1, 0.15) is 12.6 Å². The third kappa shape index (κ3) is 0.932. The summed E-state index contributed by atoms with van der Waals surface area (Å²) in [7, 11) is 0. The molecule has 2 heterocycles. The lowest BCUT2D eigenvalue weighted by molar-refractivity contribution is 0.467. The van der Waals surface area contributed by atoms with Gasteiger partial charge in [-0.2, -0.15) is 10.2 Å². The maximum atomic E-state index is 5.39. The lowest BCUT2D eigenvalue weighted by Crippen LogP contribution is -2.10. The number of nitrogens with zero attached hydrogens (tertiary/aromatic N) is 4. The van der Waals surface area contributed by atoms with Gasteiger partial charge in [-0.15, -0.1) is 5.11 Å². The van der Waals surface area contributed by atoms with Gasteiger partial charge in [0.1, 0.15) is 0 Å². The van der Waals surface area contributed by atoms with E-state index in [-0.39, 0.29) is 6.17 Å². The predicted molar refractivity (Wildman–Crippen MR) is 39.5 cm³/mol. The third-order valence-electron chi connectivity index (χ3n) is 1.65. The van der Waals surface area contributed by atoms with Crippen LogP contribution in [0.4, 0.5) is 5.82 Å². The summed E-state index contributed by atoms with van der Waals surface area (Å²) >= 11 is 0. The van der Waals surface area contributed by atoms with E-state index in [0.717, 1.165) is 12.2 Å². The molecule has 0 aromatic carbocycles. The molecule has 2 N–H and O–H groups in total. The zero-order valence-electron chi connectivity index (χ0n) is 6.01. The Labute approximate surface area is 63.9 Å². The van der Waals surface area contributed by atoms with Gasteiger partial charge in [0.05, 0.1) is 6.20 Å². The molecule has 5 nitrogen and oxygen atoms in total. The predicted octanol–water partition coefficient (Wildman–Crippen LogP) is 0.828. The summed E-state index contributed by atoms with van der Waals surface area (Å²) in [5, 5.41) is 12.0. The first-order chi connectivity index (χ1) is 5.42. The molecule has 0 radical (unpaired) electrons. The standard InChI is InChI=1S/C6H9N5/c7-3-1-5-9-10-6-2-4-8-11(5)6/h2,4-5H,1,3,7H2. The van der Waals surface area contributed by atoms with Crippen molar-refractivity contribution in [3.63, 3.8) is 0 Å². The number of nitrogens with two attached hydrogens (primary N) is 1. The summed E-state index contributed by atoms with van der Waals surface area (Å²) in [6.45, 7) is 0.614. The van der Waals surface area contributed by atoms with Gasteiger partial charge in [0.15, 0.2) is 12.0 Å². The van der Waals surface area contributed by atoms with Crippen LogP contribution in [0.5, 0.6) is 0 Å². The van der Waals surface area contributed by atoms with E-state index in [1.165, 1.54) is 0 Å². The van der Waals surface area contributed by atoms with Crippen molar-refractivity contribution in [1.82, 2.24) is 9.78 Å². The van der Waals surface area contributed by atoms with Gasteiger partial charge in [-0.05, 0) is 6.54 Å². The molecular formula is C6H9N5. The summed E-state index contributed by atoms with van der Waals surface area (Å²) < 4.78 is 1.78. The second-order valence-corrected chi connectivity index (χ2v) is 2.41. The molecule has 5 heteroatoms. The highest BCUT2D eigenvalue weighted by Crippen LogP contribution is 2.27. The fourth-order valence-electron chi connectivity index (χ4n) is 1.12. The Balaban J connectivity index is 2.24. The number of azo groups is 1. The van der Waals surface area contributed by atoms with Crippen molar-refractivity contribution in [3.8, 4) is 0 Å². The number of hydrogen-bond acceptors (Lipinski definition) is 4. The van der Waals surface area contributed by atoms with Crippen LogP contribution in [0.15, 0.2) is 22.5 Å². The first-order valence-corrected chi connectivity index (χ1v) is 3.56. The highest BCUT2D eigenvalue weighted by Gasteiger charge is 2.18. The minimum absolute atomic E-state index is 0.0324. The average molecular weight is 151 g/mol. The van der Waals surface area contributed by atoms with Crippen LogP contribution in [0.3, 0.4) is 0 Å². The van der Waals surface area contributed by atoms with Crippen LogP contribution >= 0.6 is 0 Å². The lowest BCUT2D eigenvalue weighted by atomic mass is 10.3. The van der Waals surface area contributed by atoms with Gasteiger partial charge in [0.2, 0.25) is 0 Å². The SMILES string of the molecule is NCCC1N=Nc2ccnn21. The monoisotopic (exact) mass is 151 g/mol. The summed E-state index contributed by atoms with van der Waals surface area (Å²) in [5.41, 5.74) is 5.39. The Morgan fingerprint density at radius 3 is 3.36 bits per heavy atom. The molecule has 0 amide bonds. The van der Waals surface area contributed by atoms with Crippen molar-refractivity contribution in [2.75, 3.05) is 6.54 Å². The minimum Gasteiger partial charge on any atom is -0.330 e. The molecule has 1 atom stereocenters. The van der Waals surface area contributed by atoms with E-state index in [9.17, 15) is 0 Å². The molecule has 0 bridgehead atoms. The number of aromatic nitrogens is 2. The van der Waals surface area contributed by atoms with Gasteiger partial charge in [-0.3, -0.25) is 0 Å². The Kier molecular flexibility index (Phi) is 1.43. The normalized spacial score (nSPS) is 20.6. The van der Waals surface area contributed by atoms with Gasteiger partial charge in [-0.25, -0.2) is 4.68 Å². The van der Waals surface area contributed by atoms with E-state index in [4.69, 9.17) is 5.73 Å². The van der Waals surface area contributed by atoms with E-state index in [2.05, 4.69) is 15.3 Å². The second kappa shape index (κ2) is 2.43. The molecule has 2 rings (SSSR count). The molecule has 1 aliphatic rings. The van der Waals surface area contributed by atoms with E-state index in [1.54, 1.807) is 10.9 Å². The largest absolute Gasteiger partial charge is 0.330 e. The Bertz CT molecular complexity index is 276. The van der Waals surface area contributed by atoms with Crippen LogP contribution in [-0.4, -0.2) is 16.3 Å². The van der Waals surface area contributed by atoms with Crippen molar-refractivity contribution in [2.24, 2.45) is 16.0 Å². The summed E-state index contributed by atoms with van der Waals surface area (Å²) in [6.07, 6.45) is 2.56. The third-order valence-corrected chi connectivity index (χ3v) is 1.65. The Morgan fingerprint density at radius 1 is 1.64 bits per heavy atom. The second-order valence-electron chi connectivity index (χ2n) is 2.41. The molecule has 58 valence electrons. The molecule has 0 fully saturated rings. The lowest BCUT2D eigenvalue weighted by Gasteiger charge is -2.04. The number of fused-ring (bicyclic) bond motifs is 1. The molecule has 1 aromatic rings. The highest BCUT2D eigenvalue weighted by atomic mass is 15.5. The van der Waals surface area contributed by atoms with Gasteiger partial charge in [-0.1, -0.05) is 0 Å². The van der Waals surface area contributed by atoms with Gasteiger partial charge in [0.25, 0.3) is 0 Å². The molecule has 1 unspecified atom stereocenters. The molecule has 11 heavy (non-hydrogen) atoms. The van der Waals surface area contributed by atoms with Crippen LogP contribution in [0.2, 0.25) is 0 Å². The summed E-state index contributed by atoms with van der Waals surface area (Å²) in [4.78, 5) is 0. The first kappa shape index (κ1) is 6.48. The Hall–Kier alpha value is -1.23. The minimum atomic E-state index is 0.0324. The number of rotatable bonds is 2. The smallest absolute Gasteiger partial charge is 0.174 e. The quantitative estimate of drug-likeness (QED) is 0.680. The molecular weight excluding hydrogens is 142 g/mol. The molecule has 0 saturated carbocycles. The van der Waals surface area contributed by atoms with Gasteiger partial charge < -0.3 is 5.73 Å². The fraction of sp³-hybridized carbons (Fsp3) is 0.500. The topological polar surface area (TPSA) is 68.6 Å². The zero-order chi connectivity index (χ0) is 7.68. The first-order valence-electron chi connectivity index (χ1n) is 3.56. The molecule has 0 saturated heterocycles. The Morgan fingerprint density at radius 2 is 2.55 bits per heavy atom. The van der Waals surface area contributed by atoms with Crippen molar-refractivity contribution >= 4 is 5.82 Å². The van der Waals surface area contributed by atoms with Crippen LogP contribution in [0.25, 0.3) is 0 Å². The van der Waals surface area contributed by atoms with Crippen molar-refractivity contribution in [3.05, 3.63) is 12.3 Å². The van der Waals surface area contributed by atoms with E-state index < -0.39 is 0 Å². The number of hydrogen-bond donors (Lipinski definition) is 1. The zero-order valence-corrected chi connectivity index (χ0v) is 6.01. The summed E-state index contributed by atoms with van der Waals surface area (Å²) in [5.74, 6) is 0.823. The van der Waals surface area contributed by atoms with Gasteiger partial charge in [0, 0.05) is 12.5 Å². The van der Waals surface area contributed by atoms with E-state index in [0.29, 0.717) is 6.54 Å². The summed E-state index contributed by atoms with van der Waals surface area (Å²) in [6, 6.07) is 1.83. The van der Waals surface area contributed by atoms with E-state index in [1.807, 2.05) is 6.07 Å². The highest BCUT2D eigenvalue weighted by molar-refractivity contribution is 5.27. The van der Waals surface area contributed by atoms with E-state index >= 15 is 0 Å². The molecule has 0 spiro atoms. The molecule has 1 aromatic heterocycles.